The molecule has 1 aliphatic rings. The molecule has 1 aliphatic heterocycles. The molecule has 1 heterocycles. The molecule has 2 aromatic carbocycles. The Morgan fingerprint density at radius 1 is 1.20 bits per heavy atom. The van der Waals surface area contributed by atoms with E-state index in [0.29, 0.717) is 0 Å². The SMILES string of the molecule is Cc1ccc(NC2=NC(c3ccccc3)CS2)c(Br)c1. The van der Waals surface area contributed by atoms with Gasteiger partial charge in [-0.15, -0.1) is 0 Å². The van der Waals surface area contributed by atoms with Crippen LogP contribution in [0.1, 0.15) is 17.2 Å². The third kappa shape index (κ3) is 3.07. The summed E-state index contributed by atoms with van der Waals surface area (Å²) < 4.78 is 1.07. The molecule has 3 rings (SSSR count). The monoisotopic (exact) mass is 346 g/mol. The number of nitrogens with zero attached hydrogens (tertiary/aromatic N) is 1. The van der Waals surface area contributed by atoms with Crippen molar-refractivity contribution in [2.24, 2.45) is 4.99 Å². The molecular weight excluding hydrogens is 332 g/mol. The van der Waals surface area contributed by atoms with E-state index in [-0.39, 0.29) is 6.04 Å². The summed E-state index contributed by atoms with van der Waals surface area (Å²) in [6.45, 7) is 2.09. The molecule has 0 amide bonds. The minimum Gasteiger partial charge on any atom is -0.334 e. The molecule has 1 N–H and O–H groups in total. The van der Waals surface area contributed by atoms with E-state index >= 15 is 0 Å². The second-order valence-corrected chi connectivity index (χ2v) is 6.64. The van der Waals surface area contributed by atoms with Gasteiger partial charge in [0.05, 0.1) is 11.7 Å². The van der Waals surface area contributed by atoms with Crippen molar-refractivity contribution < 1.29 is 0 Å². The zero-order valence-corrected chi connectivity index (χ0v) is 13.5. The lowest BCUT2D eigenvalue weighted by Crippen LogP contribution is -2.05. The van der Waals surface area contributed by atoms with Crippen LogP contribution >= 0.6 is 27.7 Å². The third-order valence-corrected chi connectivity index (χ3v) is 4.82. The first kappa shape index (κ1) is 13.7. The second kappa shape index (κ2) is 6.02. The number of nitrogens with one attached hydrogen (secondary N) is 1. The number of halogens is 1. The number of hydrogen-bond donors (Lipinski definition) is 1. The van der Waals surface area contributed by atoms with Crippen LogP contribution in [0.2, 0.25) is 0 Å². The molecule has 102 valence electrons. The van der Waals surface area contributed by atoms with E-state index in [4.69, 9.17) is 4.99 Å². The fraction of sp³-hybridized carbons (Fsp3) is 0.188. The Labute approximate surface area is 131 Å². The van der Waals surface area contributed by atoms with Crippen LogP contribution in [-0.2, 0) is 0 Å². The Hall–Kier alpha value is -1.26. The van der Waals surface area contributed by atoms with E-state index in [1.165, 1.54) is 11.1 Å². The van der Waals surface area contributed by atoms with E-state index in [2.05, 4.69) is 70.6 Å². The van der Waals surface area contributed by atoms with Crippen LogP contribution in [0.25, 0.3) is 0 Å². The molecule has 1 atom stereocenters. The van der Waals surface area contributed by atoms with Crippen LogP contribution in [0, 0.1) is 6.92 Å². The van der Waals surface area contributed by atoms with Crippen molar-refractivity contribution in [2.75, 3.05) is 11.1 Å². The van der Waals surface area contributed by atoms with E-state index in [1.54, 1.807) is 11.8 Å². The Morgan fingerprint density at radius 2 is 2.00 bits per heavy atom. The van der Waals surface area contributed by atoms with Crippen LogP contribution in [-0.4, -0.2) is 10.9 Å². The first-order valence-corrected chi connectivity index (χ1v) is 8.29. The number of aryl methyl sites for hydroxylation is 1. The number of rotatable bonds is 2. The number of thioether (sulfide) groups is 1. The number of benzene rings is 2. The summed E-state index contributed by atoms with van der Waals surface area (Å²) in [6.07, 6.45) is 0. The molecule has 0 radical (unpaired) electrons. The first-order valence-electron chi connectivity index (χ1n) is 6.51. The lowest BCUT2D eigenvalue weighted by atomic mass is 10.1. The maximum Gasteiger partial charge on any atom is 0.161 e. The molecule has 0 bridgehead atoms. The second-order valence-electron chi connectivity index (χ2n) is 4.78. The average molecular weight is 347 g/mol. The van der Waals surface area contributed by atoms with Gasteiger partial charge in [0.1, 0.15) is 0 Å². The Kier molecular flexibility index (Phi) is 4.13. The Bertz CT molecular complexity index is 640. The summed E-state index contributed by atoms with van der Waals surface area (Å²) in [7, 11) is 0. The molecule has 0 saturated heterocycles. The zero-order chi connectivity index (χ0) is 13.9. The van der Waals surface area contributed by atoms with Crippen molar-refractivity contribution in [3.63, 3.8) is 0 Å². The first-order chi connectivity index (χ1) is 9.72. The van der Waals surface area contributed by atoms with Gasteiger partial charge in [-0.2, -0.15) is 0 Å². The van der Waals surface area contributed by atoms with Crippen LogP contribution in [0.3, 0.4) is 0 Å². The lowest BCUT2D eigenvalue weighted by molar-refractivity contribution is 0.849. The highest BCUT2D eigenvalue weighted by molar-refractivity contribution is 9.10. The summed E-state index contributed by atoms with van der Waals surface area (Å²) in [4.78, 5) is 4.76. The average Bonchev–Trinajstić information content (AvgIpc) is 2.92. The van der Waals surface area contributed by atoms with E-state index in [0.717, 1.165) is 21.1 Å². The molecule has 0 fully saturated rings. The van der Waals surface area contributed by atoms with E-state index in [9.17, 15) is 0 Å². The van der Waals surface area contributed by atoms with Crippen LogP contribution in [0.5, 0.6) is 0 Å². The highest BCUT2D eigenvalue weighted by Gasteiger charge is 2.20. The number of hydrogen-bond acceptors (Lipinski definition) is 3. The van der Waals surface area contributed by atoms with Crippen molar-refractivity contribution in [1.29, 1.82) is 0 Å². The maximum absolute atomic E-state index is 4.76. The summed E-state index contributed by atoms with van der Waals surface area (Å²) in [5, 5.41) is 4.39. The molecule has 0 aromatic heterocycles. The highest BCUT2D eigenvalue weighted by Crippen LogP contribution is 2.32. The molecule has 4 heteroatoms. The van der Waals surface area contributed by atoms with Crippen molar-refractivity contribution in [2.45, 2.75) is 13.0 Å². The molecule has 2 nitrogen and oxygen atoms in total. The lowest BCUT2D eigenvalue weighted by Gasteiger charge is -2.08. The van der Waals surface area contributed by atoms with Gasteiger partial charge >= 0.3 is 0 Å². The van der Waals surface area contributed by atoms with Crippen LogP contribution < -0.4 is 5.32 Å². The van der Waals surface area contributed by atoms with Crippen molar-refractivity contribution >= 4 is 38.5 Å². The van der Waals surface area contributed by atoms with Gasteiger partial charge in [0.15, 0.2) is 5.17 Å². The summed E-state index contributed by atoms with van der Waals surface area (Å²) in [5.41, 5.74) is 3.58. The van der Waals surface area contributed by atoms with Gasteiger partial charge in [0.25, 0.3) is 0 Å². The highest BCUT2D eigenvalue weighted by atomic mass is 79.9. The van der Waals surface area contributed by atoms with Gasteiger partial charge in [0.2, 0.25) is 0 Å². The van der Waals surface area contributed by atoms with Gasteiger partial charge in [-0.05, 0) is 46.1 Å². The molecule has 2 aromatic rings. The largest absolute Gasteiger partial charge is 0.334 e. The quantitative estimate of drug-likeness (QED) is 0.825. The Morgan fingerprint density at radius 3 is 2.75 bits per heavy atom. The zero-order valence-electron chi connectivity index (χ0n) is 11.1. The summed E-state index contributed by atoms with van der Waals surface area (Å²) in [6, 6.07) is 17.0. The fourth-order valence-electron chi connectivity index (χ4n) is 2.12. The smallest absolute Gasteiger partial charge is 0.161 e. The number of anilines is 1. The molecule has 0 saturated carbocycles. The van der Waals surface area contributed by atoms with Crippen molar-refractivity contribution in [3.05, 3.63) is 64.1 Å². The van der Waals surface area contributed by atoms with Crippen LogP contribution in [0.4, 0.5) is 5.69 Å². The molecule has 0 spiro atoms. The molecular formula is C16H15BrN2S. The normalized spacial score (nSPS) is 17.9. The van der Waals surface area contributed by atoms with Crippen molar-refractivity contribution in [3.8, 4) is 0 Å². The predicted octanol–water partition coefficient (Wildman–Crippen LogP) is 5.01. The Balaban J connectivity index is 1.76. The van der Waals surface area contributed by atoms with Gasteiger partial charge in [0, 0.05) is 10.2 Å². The van der Waals surface area contributed by atoms with Gasteiger partial charge in [-0.3, -0.25) is 4.99 Å². The van der Waals surface area contributed by atoms with Gasteiger partial charge in [-0.25, -0.2) is 0 Å². The number of amidine groups is 1. The third-order valence-electron chi connectivity index (χ3n) is 3.20. The standard InChI is InChI=1S/C16H15BrN2S/c1-11-7-8-14(13(17)9-11)18-16-19-15(10-20-16)12-5-3-2-4-6-12/h2-9,15H,10H2,1H3,(H,18,19). The number of aliphatic imine (C=N–C) groups is 1. The van der Waals surface area contributed by atoms with Crippen LogP contribution in [0.15, 0.2) is 58.0 Å². The molecule has 1 unspecified atom stereocenters. The minimum absolute atomic E-state index is 0.257. The summed E-state index contributed by atoms with van der Waals surface area (Å²) in [5.74, 6) is 0.996. The van der Waals surface area contributed by atoms with Gasteiger partial charge < -0.3 is 5.32 Å². The van der Waals surface area contributed by atoms with E-state index in [1.807, 2.05) is 6.07 Å². The molecule has 0 aliphatic carbocycles. The summed E-state index contributed by atoms with van der Waals surface area (Å²) >= 11 is 5.36. The van der Waals surface area contributed by atoms with Crippen molar-refractivity contribution in [1.82, 2.24) is 0 Å². The topological polar surface area (TPSA) is 24.4 Å². The van der Waals surface area contributed by atoms with Gasteiger partial charge in [-0.1, -0.05) is 48.2 Å². The van der Waals surface area contributed by atoms with E-state index < -0.39 is 0 Å². The minimum atomic E-state index is 0.257. The maximum atomic E-state index is 4.76. The molecule has 20 heavy (non-hydrogen) atoms. The fourth-order valence-corrected chi connectivity index (χ4v) is 3.68. The predicted molar refractivity (Wildman–Crippen MR) is 91.6 cm³/mol.